The number of phenolic OH excluding ortho intramolecular Hbond substituents is 1. The standard InChI is InChI=1S/C23H24F2N2O6/c1-23(13-32-12-19(23)29)27(2)21(31)18(11-14-4-3-5-16(28)10-14)26-20(30)15-6-8-17(9-7-15)33-22(24)25/h3-10,18,22,28H,11-13H2,1-2H3,(H,26,30). The number of phenols is 1. The molecule has 3 rings (SSSR count). The van der Waals surface area contributed by atoms with E-state index in [9.17, 15) is 28.3 Å². The van der Waals surface area contributed by atoms with Crippen LogP contribution >= 0.6 is 0 Å². The first-order chi connectivity index (χ1) is 15.6. The van der Waals surface area contributed by atoms with Crippen LogP contribution in [0.15, 0.2) is 48.5 Å². The molecule has 1 aliphatic rings. The summed E-state index contributed by atoms with van der Waals surface area (Å²) >= 11 is 0. The maximum absolute atomic E-state index is 13.4. The number of halogens is 2. The number of hydrogen-bond donors (Lipinski definition) is 2. The Labute approximate surface area is 189 Å². The van der Waals surface area contributed by atoms with Crippen molar-refractivity contribution in [2.24, 2.45) is 0 Å². The van der Waals surface area contributed by atoms with Crippen molar-refractivity contribution in [2.75, 3.05) is 20.3 Å². The van der Waals surface area contributed by atoms with Crippen molar-refractivity contribution in [3.8, 4) is 11.5 Å². The number of hydrogen-bond acceptors (Lipinski definition) is 6. The van der Waals surface area contributed by atoms with E-state index in [4.69, 9.17) is 4.74 Å². The number of alkyl halides is 2. The number of amides is 2. The molecule has 1 saturated heterocycles. The highest BCUT2D eigenvalue weighted by molar-refractivity contribution is 6.00. The Morgan fingerprint density at radius 1 is 1.24 bits per heavy atom. The monoisotopic (exact) mass is 462 g/mol. The topological polar surface area (TPSA) is 105 Å². The van der Waals surface area contributed by atoms with E-state index in [0.29, 0.717) is 5.56 Å². The first-order valence-corrected chi connectivity index (χ1v) is 10.1. The van der Waals surface area contributed by atoms with E-state index in [0.717, 1.165) is 0 Å². The van der Waals surface area contributed by atoms with Gasteiger partial charge in [0.1, 0.15) is 29.7 Å². The molecular formula is C23H24F2N2O6. The Kier molecular flexibility index (Phi) is 7.27. The van der Waals surface area contributed by atoms with Gasteiger partial charge in [-0.15, -0.1) is 0 Å². The molecule has 0 aromatic heterocycles. The van der Waals surface area contributed by atoms with Crippen LogP contribution in [0, 0.1) is 0 Å². The summed E-state index contributed by atoms with van der Waals surface area (Å²) in [5.41, 5.74) is -0.464. The zero-order valence-electron chi connectivity index (χ0n) is 18.1. The van der Waals surface area contributed by atoms with Crippen LogP contribution in [0.1, 0.15) is 22.8 Å². The fourth-order valence-electron chi connectivity index (χ4n) is 3.49. The number of ketones is 1. The second kappa shape index (κ2) is 9.95. The molecule has 0 bridgehead atoms. The second-order valence-corrected chi connectivity index (χ2v) is 7.89. The van der Waals surface area contributed by atoms with E-state index >= 15 is 0 Å². The molecule has 8 nitrogen and oxygen atoms in total. The molecule has 1 heterocycles. The summed E-state index contributed by atoms with van der Waals surface area (Å²) in [5, 5.41) is 12.4. The predicted molar refractivity (Wildman–Crippen MR) is 113 cm³/mol. The van der Waals surface area contributed by atoms with Crippen LogP contribution in [0.2, 0.25) is 0 Å². The molecule has 1 aliphatic heterocycles. The lowest BCUT2D eigenvalue weighted by Gasteiger charge is -2.35. The third-order valence-electron chi connectivity index (χ3n) is 5.58. The van der Waals surface area contributed by atoms with E-state index in [2.05, 4.69) is 10.1 Å². The minimum absolute atomic E-state index is 0.000619. The van der Waals surface area contributed by atoms with E-state index in [1.807, 2.05) is 0 Å². The maximum Gasteiger partial charge on any atom is 0.387 e. The normalized spacial score (nSPS) is 18.8. The van der Waals surface area contributed by atoms with E-state index in [1.165, 1.54) is 48.3 Å². The molecule has 2 N–H and O–H groups in total. The van der Waals surface area contributed by atoms with Crippen molar-refractivity contribution >= 4 is 17.6 Å². The van der Waals surface area contributed by atoms with E-state index < -0.39 is 30.0 Å². The highest BCUT2D eigenvalue weighted by atomic mass is 19.3. The first-order valence-electron chi connectivity index (χ1n) is 10.1. The quantitative estimate of drug-likeness (QED) is 0.623. The van der Waals surface area contributed by atoms with Crippen LogP contribution in [0.5, 0.6) is 11.5 Å². The molecule has 0 aliphatic carbocycles. The van der Waals surface area contributed by atoms with Crippen LogP contribution in [-0.4, -0.2) is 66.1 Å². The number of Topliss-reactive ketones (excluding diaryl/α,β-unsaturated/α-hetero) is 1. The van der Waals surface area contributed by atoms with Crippen LogP contribution < -0.4 is 10.1 Å². The van der Waals surface area contributed by atoms with Gasteiger partial charge in [-0.05, 0) is 48.9 Å². The number of carbonyl (C=O) groups excluding carboxylic acids is 3. The summed E-state index contributed by atoms with van der Waals surface area (Å²) in [6.45, 7) is -1.47. The Morgan fingerprint density at radius 3 is 2.52 bits per heavy atom. The van der Waals surface area contributed by atoms with Gasteiger partial charge in [0, 0.05) is 19.0 Å². The number of benzene rings is 2. The molecule has 0 spiro atoms. The lowest BCUT2D eigenvalue weighted by Crippen LogP contribution is -2.58. The van der Waals surface area contributed by atoms with Gasteiger partial charge in [-0.25, -0.2) is 0 Å². The van der Waals surface area contributed by atoms with E-state index in [-0.39, 0.29) is 42.5 Å². The minimum Gasteiger partial charge on any atom is -0.508 e. The van der Waals surface area contributed by atoms with Gasteiger partial charge >= 0.3 is 6.61 Å². The molecule has 2 atom stereocenters. The number of nitrogens with one attached hydrogen (secondary N) is 1. The number of rotatable bonds is 8. The summed E-state index contributed by atoms with van der Waals surface area (Å²) in [6.07, 6.45) is 0.0427. The molecule has 2 unspecified atom stereocenters. The molecule has 176 valence electrons. The highest BCUT2D eigenvalue weighted by Crippen LogP contribution is 2.23. The molecular weight excluding hydrogens is 438 g/mol. The average Bonchev–Trinajstić information content (AvgIpc) is 3.11. The lowest BCUT2D eigenvalue weighted by molar-refractivity contribution is -0.142. The van der Waals surface area contributed by atoms with Crippen LogP contribution in [0.3, 0.4) is 0 Å². The minimum atomic E-state index is -2.99. The summed E-state index contributed by atoms with van der Waals surface area (Å²) in [7, 11) is 1.47. The molecule has 33 heavy (non-hydrogen) atoms. The van der Waals surface area contributed by atoms with Crippen LogP contribution in [-0.2, 0) is 20.7 Å². The molecule has 2 amide bonds. The number of carbonyl (C=O) groups is 3. The number of aromatic hydroxyl groups is 1. The van der Waals surface area contributed by atoms with Gasteiger partial charge in [0.2, 0.25) is 5.91 Å². The first kappa shape index (κ1) is 24.1. The zero-order valence-corrected chi connectivity index (χ0v) is 18.1. The fourth-order valence-corrected chi connectivity index (χ4v) is 3.49. The zero-order chi connectivity index (χ0) is 24.2. The molecule has 0 radical (unpaired) electrons. The highest BCUT2D eigenvalue weighted by Gasteiger charge is 2.45. The van der Waals surface area contributed by atoms with Gasteiger partial charge in [0.25, 0.3) is 5.91 Å². The molecule has 10 heteroatoms. The van der Waals surface area contributed by atoms with Crippen molar-refractivity contribution in [1.82, 2.24) is 10.2 Å². The average molecular weight is 462 g/mol. The smallest absolute Gasteiger partial charge is 0.387 e. The van der Waals surface area contributed by atoms with Crippen molar-refractivity contribution < 1.29 is 37.7 Å². The van der Waals surface area contributed by atoms with Crippen LogP contribution in [0.25, 0.3) is 0 Å². The number of ether oxygens (including phenoxy) is 2. The van der Waals surface area contributed by atoms with E-state index in [1.54, 1.807) is 19.1 Å². The molecule has 2 aromatic rings. The van der Waals surface area contributed by atoms with Gasteiger partial charge in [-0.3, -0.25) is 14.4 Å². The van der Waals surface area contributed by atoms with Gasteiger partial charge < -0.3 is 24.8 Å². The van der Waals surface area contributed by atoms with Crippen molar-refractivity contribution in [2.45, 2.75) is 31.5 Å². The molecule has 2 aromatic carbocycles. The third kappa shape index (κ3) is 5.64. The summed E-state index contributed by atoms with van der Waals surface area (Å²) in [5.74, 6) is -1.51. The summed E-state index contributed by atoms with van der Waals surface area (Å²) in [6, 6.07) is 10.2. The molecule has 0 saturated carbocycles. The van der Waals surface area contributed by atoms with Crippen molar-refractivity contribution in [3.63, 3.8) is 0 Å². The Morgan fingerprint density at radius 2 is 1.94 bits per heavy atom. The summed E-state index contributed by atoms with van der Waals surface area (Å²) in [4.78, 5) is 39.8. The third-order valence-corrected chi connectivity index (χ3v) is 5.58. The Hall–Kier alpha value is -3.53. The Balaban J connectivity index is 1.82. The SMILES string of the molecule is CN(C(=O)C(Cc1cccc(O)c1)NC(=O)c1ccc(OC(F)F)cc1)C1(C)COCC1=O. The van der Waals surface area contributed by atoms with Crippen molar-refractivity contribution in [3.05, 3.63) is 59.7 Å². The van der Waals surface area contributed by atoms with Crippen molar-refractivity contribution in [1.29, 1.82) is 0 Å². The fraction of sp³-hybridized carbons (Fsp3) is 0.348. The lowest BCUT2D eigenvalue weighted by atomic mass is 9.95. The number of likely N-dealkylation sites (N-methyl/N-ethyl adjacent to an activating group) is 1. The second-order valence-electron chi connectivity index (χ2n) is 7.89. The largest absolute Gasteiger partial charge is 0.508 e. The van der Waals surface area contributed by atoms with Crippen LogP contribution in [0.4, 0.5) is 8.78 Å². The van der Waals surface area contributed by atoms with Gasteiger partial charge in [0.05, 0.1) is 6.61 Å². The van der Waals surface area contributed by atoms with Gasteiger partial charge in [-0.1, -0.05) is 12.1 Å². The predicted octanol–water partition coefficient (Wildman–Crippen LogP) is 2.15. The van der Waals surface area contributed by atoms with Gasteiger partial charge in [0.15, 0.2) is 5.78 Å². The van der Waals surface area contributed by atoms with Gasteiger partial charge in [-0.2, -0.15) is 8.78 Å². The maximum atomic E-state index is 13.4. The summed E-state index contributed by atoms with van der Waals surface area (Å²) < 4.78 is 34.2. The molecule has 1 fully saturated rings. The Bertz CT molecular complexity index is 1030. The number of nitrogens with zero attached hydrogens (tertiary/aromatic N) is 1.